The summed E-state index contributed by atoms with van der Waals surface area (Å²) in [6.45, 7) is 3.29. The first-order valence-electron chi connectivity index (χ1n) is 7.11. The Bertz CT molecular complexity index is 793. The Morgan fingerprint density at radius 3 is 2.58 bits per heavy atom. The van der Waals surface area contributed by atoms with E-state index < -0.39 is 18.0 Å². The molecule has 2 aromatic rings. The summed E-state index contributed by atoms with van der Waals surface area (Å²) in [6, 6.07) is 9.66. The van der Waals surface area contributed by atoms with Crippen LogP contribution in [0.15, 0.2) is 36.4 Å². The van der Waals surface area contributed by atoms with Gasteiger partial charge >= 0.3 is 5.97 Å². The van der Waals surface area contributed by atoms with Crippen LogP contribution in [0.25, 0.3) is 0 Å². The Labute approximate surface area is 149 Å². The fourth-order valence-electron chi connectivity index (χ4n) is 1.88. The van der Waals surface area contributed by atoms with Crippen molar-refractivity contribution in [2.45, 2.75) is 20.0 Å². The van der Waals surface area contributed by atoms with Gasteiger partial charge in [-0.2, -0.15) is 0 Å². The highest BCUT2D eigenvalue weighted by molar-refractivity contribution is 6.44. The zero-order valence-electron chi connectivity index (χ0n) is 13.1. The summed E-state index contributed by atoms with van der Waals surface area (Å²) >= 11 is 11.9. The van der Waals surface area contributed by atoms with Crippen LogP contribution in [0.1, 0.15) is 22.8 Å². The molecule has 7 heteroatoms. The summed E-state index contributed by atoms with van der Waals surface area (Å²) < 4.78 is 5.15. The van der Waals surface area contributed by atoms with Crippen molar-refractivity contribution in [2.24, 2.45) is 0 Å². The zero-order valence-corrected chi connectivity index (χ0v) is 14.6. The molecule has 0 fully saturated rings. The fourth-order valence-corrected chi connectivity index (χ4v) is 2.23. The van der Waals surface area contributed by atoms with Gasteiger partial charge in [0.1, 0.15) is 0 Å². The lowest BCUT2D eigenvalue weighted by Gasteiger charge is -2.15. The molecule has 0 aromatic heterocycles. The molecule has 0 bridgehead atoms. The normalized spacial score (nSPS) is 11.7. The van der Waals surface area contributed by atoms with Gasteiger partial charge in [-0.1, -0.05) is 35.3 Å². The molecule has 1 amide bonds. The minimum absolute atomic E-state index is 0.220. The van der Waals surface area contributed by atoms with Crippen molar-refractivity contribution in [3.8, 4) is 0 Å². The number of rotatable bonds is 4. The number of esters is 1. The van der Waals surface area contributed by atoms with E-state index in [2.05, 4.69) is 5.32 Å². The average Bonchev–Trinajstić information content (AvgIpc) is 2.54. The second kappa shape index (κ2) is 7.55. The lowest BCUT2D eigenvalue weighted by atomic mass is 10.1. The third kappa shape index (κ3) is 4.19. The molecule has 5 nitrogen and oxygen atoms in total. The van der Waals surface area contributed by atoms with Gasteiger partial charge in [0.2, 0.25) is 0 Å². The summed E-state index contributed by atoms with van der Waals surface area (Å²) in [5, 5.41) is 3.10. The maximum atomic E-state index is 12.1. The summed E-state index contributed by atoms with van der Waals surface area (Å²) in [5.74, 6) is -1.16. The molecule has 0 heterocycles. The Balaban J connectivity index is 2.04. The lowest BCUT2D eigenvalue weighted by molar-refractivity contribution is -0.123. The summed E-state index contributed by atoms with van der Waals surface area (Å²) in [5.41, 5.74) is 7.72. The van der Waals surface area contributed by atoms with Gasteiger partial charge in [0.15, 0.2) is 6.10 Å². The van der Waals surface area contributed by atoms with Crippen LogP contribution < -0.4 is 11.1 Å². The van der Waals surface area contributed by atoms with Gasteiger partial charge < -0.3 is 15.8 Å². The Kier molecular flexibility index (Phi) is 5.70. The quantitative estimate of drug-likeness (QED) is 0.631. The van der Waals surface area contributed by atoms with Crippen molar-refractivity contribution in [1.82, 2.24) is 0 Å². The van der Waals surface area contributed by atoms with E-state index in [1.807, 2.05) is 6.92 Å². The van der Waals surface area contributed by atoms with Crippen LogP contribution in [0, 0.1) is 6.92 Å². The van der Waals surface area contributed by atoms with E-state index in [1.165, 1.54) is 13.0 Å². The first-order valence-corrected chi connectivity index (χ1v) is 7.87. The summed E-state index contributed by atoms with van der Waals surface area (Å²) in [4.78, 5) is 24.2. The zero-order chi connectivity index (χ0) is 17.9. The highest BCUT2D eigenvalue weighted by atomic mass is 35.5. The Morgan fingerprint density at radius 2 is 1.92 bits per heavy atom. The fraction of sp³-hybridized carbons (Fsp3) is 0.176. The molecule has 0 aliphatic heterocycles. The van der Waals surface area contributed by atoms with Gasteiger partial charge in [0, 0.05) is 5.69 Å². The topological polar surface area (TPSA) is 81.4 Å². The molecule has 1 atom stereocenters. The van der Waals surface area contributed by atoms with Crippen LogP contribution >= 0.6 is 23.2 Å². The number of benzene rings is 2. The van der Waals surface area contributed by atoms with Crippen molar-refractivity contribution in [1.29, 1.82) is 0 Å². The second-order valence-electron chi connectivity index (χ2n) is 5.21. The molecule has 1 unspecified atom stereocenters. The molecule has 2 rings (SSSR count). The number of carbonyl (C=O) groups is 2. The molecule has 3 N–H and O–H groups in total. The Morgan fingerprint density at radius 1 is 1.21 bits per heavy atom. The largest absolute Gasteiger partial charge is 0.449 e. The standard InChI is InChI=1S/C17H16Cl2N2O3/c1-9-6-7-11(8-13(9)20)17(23)24-10(2)16(22)21-14-5-3-4-12(18)15(14)19/h3-8,10H,20H2,1-2H3,(H,21,22). The van der Waals surface area contributed by atoms with Crippen LogP contribution in [0.4, 0.5) is 11.4 Å². The molecule has 0 saturated carbocycles. The van der Waals surface area contributed by atoms with E-state index in [9.17, 15) is 9.59 Å². The van der Waals surface area contributed by atoms with Crippen molar-refractivity contribution < 1.29 is 14.3 Å². The maximum Gasteiger partial charge on any atom is 0.338 e. The number of ether oxygens (including phenoxy) is 1. The predicted octanol–water partition coefficient (Wildman–Crippen LogP) is 4.07. The highest BCUT2D eigenvalue weighted by Gasteiger charge is 2.20. The lowest BCUT2D eigenvalue weighted by Crippen LogP contribution is -2.30. The van der Waals surface area contributed by atoms with Crippen LogP contribution in [0.5, 0.6) is 0 Å². The van der Waals surface area contributed by atoms with Crippen LogP contribution in [-0.2, 0) is 9.53 Å². The summed E-state index contributed by atoms with van der Waals surface area (Å²) in [6.07, 6.45) is -1.02. The maximum absolute atomic E-state index is 12.1. The van der Waals surface area contributed by atoms with E-state index in [0.717, 1.165) is 5.56 Å². The number of hydrogen-bond acceptors (Lipinski definition) is 4. The number of hydrogen-bond donors (Lipinski definition) is 2. The molecule has 0 radical (unpaired) electrons. The monoisotopic (exact) mass is 366 g/mol. The molecule has 24 heavy (non-hydrogen) atoms. The van der Waals surface area contributed by atoms with Gasteiger partial charge in [-0.15, -0.1) is 0 Å². The third-order valence-electron chi connectivity index (χ3n) is 3.38. The molecule has 0 aliphatic carbocycles. The van der Waals surface area contributed by atoms with E-state index in [1.54, 1.807) is 30.3 Å². The number of nitrogen functional groups attached to an aromatic ring is 1. The minimum Gasteiger partial charge on any atom is -0.449 e. The predicted molar refractivity (Wildman–Crippen MR) is 95.6 cm³/mol. The number of nitrogens with one attached hydrogen (secondary N) is 1. The first kappa shape index (κ1) is 18.1. The van der Waals surface area contributed by atoms with Gasteiger partial charge in [-0.25, -0.2) is 4.79 Å². The number of halogens is 2. The number of anilines is 2. The van der Waals surface area contributed by atoms with Crippen molar-refractivity contribution in [3.05, 3.63) is 57.6 Å². The average molecular weight is 367 g/mol. The number of carbonyl (C=O) groups excluding carboxylic acids is 2. The van der Waals surface area contributed by atoms with E-state index in [-0.39, 0.29) is 10.6 Å². The van der Waals surface area contributed by atoms with Gasteiger partial charge in [-0.05, 0) is 43.7 Å². The van der Waals surface area contributed by atoms with Crippen LogP contribution in [0.2, 0.25) is 10.0 Å². The van der Waals surface area contributed by atoms with Crippen LogP contribution in [0.3, 0.4) is 0 Å². The van der Waals surface area contributed by atoms with E-state index in [4.69, 9.17) is 33.7 Å². The number of nitrogens with two attached hydrogens (primary N) is 1. The molecule has 0 saturated heterocycles. The Hall–Kier alpha value is -2.24. The third-order valence-corrected chi connectivity index (χ3v) is 4.20. The van der Waals surface area contributed by atoms with Crippen LogP contribution in [-0.4, -0.2) is 18.0 Å². The van der Waals surface area contributed by atoms with Gasteiger partial charge in [-0.3, -0.25) is 4.79 Å². The minimum atomic E-state index is -1.02. The van der Waals surface area contributed by atoms with Crippen molar-refractivity contribution >= 4 is 46.5 Å². The molecule has 126 valence electrons. The molecule has 0 spiro atoms. The molecular weight excluding hydrogens is 351 g/mol. The number of amides is 1. The molecule has 0 aliphatic rings. The van der Waals surface area contributed by atoms with E-state index >= 15 is 0 Å². The SMILES string of the molecule is Cc1ccc(C(=O)OC(C)C(=O)Nc2cccc(Cl)c2Cl)cc1N. The van der Waals surface area contributed by atoms with E-state index in [0.29, 0.717) is 16.4 Å². The van der Waals surface area contributed by atoms with Gasteiger partial charge in [0.05, 0.1) is 21.3 Å². The number of aryl methyl sites for hydroxylation is 1. The van der Waals surface area contributed by atoms with Crippen molar-refractivity contribution in [2.75, 3.05) is 11.1 Å². The highest BCUT2D eigenvalue weighted by Crippen LogP contribution is 2.29. The van der Waals surface area contributed by atoms with Crippen molar-refractivity contribution in [3.63, 3.8) is 0 Å². The summed E-state index contributed by atoms with van der Waals surface area (Å²) in [7, 11) is 0. The van der Waals surface area contributed by atoms with Gasteiger partial charge in [0.25, 0.3) is 5.91 Å². The first-order chi connectivity index (χ1) is 11.3. The smallest absolute Gasteiger partial charge is 0.338 e. The molecular formula is C17H16Cl2N2O3. The molecule has 2 aromatic carbocycles. The second-order valence-corrected chi connectivity index (χ2v) is 5.99.